The van der Waals surface area contributed by atoms with Gasteiger partial charge in [0.1, 0.15) is 0 Å². The van der Waals surface area contributed by atoms with E-state index in [9.17, 15) is 9.59 Å². The molecule has 0 unspecified atom stereocenters. The van der Waals surface area contributed by atoms with Crippen molar-refractivity contribution in [3.8, 4) is 5.69 Å². The van der Waals surface area contributed by atoms with Gasteiger partial charge in [-0.25, -0.2) is 0 Å². The number of rotatable bonds is 4. The largest absolute Gasteiger partial charge is 0.336 e. The number of nitrogens with zero attached hydrogens (tertiary/aromatic N) is 3. The van der Waals surface area contributed by atoms with Crippen molar-refractivity contribution in [3.63, 3.8) is 0 Å². The number of carbonyl (C=O) groups is 2. The molecule has 2 amide bonds. The number of hydrogen-bond donors (Lipinski definition) is 0. The summed E-state index contributed by atoms with van der Waals surface area (Å²) < 4.78 is 2.19. The molecule has 0 radical (unpaired) electrons. The van der Waals surface area contributed by atoms with Crippen molar-refractivity contribution in [3.05, 3.63) is 81.8 Å². The second-order valence-electron chi connectivity index (χ2n) is 7.43. The maximum absolute atomic E-state index is 12.7. The first kappa shape index (κ1) is 20.2. The van der Waals surface area contributed by atoms with Crippen molar-refractivity contribution in [2.24, 2.45) is 0 Å². The van der Waals surface area contributed by atoms with Gasteiger partial charge in [0, 0.05) is 49.3 Å². The predicted octanol–water partition coefficient (Wildman–Crippen LogP) is 4.15. The maximum Gasteiger partial charge on any atom is 0.264 e. The van der Waals surface area contributed by atoms with Gasteiger partial charge in [0.05, 0.1) is 4.88 Å². The Kier molecular flexibility index (Phi) is 5.86. The first-order chi connectivity index (χ1) is 14.5. The fourth-order valence-electron chi connectivity index (χ4n) is 3.88. The highest BCUT2D eigenvalue weighted by atomic mass is 32.1. The predicted molar refractivity (Wildman–Crippen MR) is 121 cm³/mol. The third kappa shape index (κ3) is 4.09. The highest BCUT2D eigenvalue weighted by molar-refractivity contribution is 7.12. The van der Waals surface area contributed by atoms with Gasteiger partial charge < -0.3 is 14.4 Å². The number of aryl methyl sites for hydroxylation is 1. The second kappa shape index (κ2) is 8.71. The van der Waals surface area contributed by atoms with Crippen LogP contribution in [0.2, 0.25) is 0 Å². The minimum atomic E-state index is -0.0114. The molecule has 6 heteroatoms. The molecule has 3 aromatic rings. The van der Waals surface area contributed by atoms with Crippen molar-refractivity contribution < 1.29 is 9.59 Å². The Labute approximate surface area is 180 Å². The number of hydrogen-bond acceptors (Lipinski definition) is 3. The lowest BCUT2D eigenvalue weighted by Gasteiger charge is -2.34. The van der Waals surface area contributed by atoms with E-state index < -0.39 is 0 Å². The first-order valence-corrected chi connectivity index (χ1v) is 11.0. The molecule has 1 aliphatic rings. The molecule has 3 heterocycles. The van der Waals surface area contributed by atoms with Crippen molar-refractivity contribution in [2.75, 3.05) is 26.2 Å². The van der Waals surface area contributed by atoms with E-state index >= 15 is 0 Å². The number of benzene rings is 1. The summed E-state index contributed by atoms with van der Waals surface area (Å²) in [4.78, 5) is 29.5. The summed E-state index contributed by atoms with van der Waals surface area (Å²) in [5.41, 5.74) is 4.39. The van der Waals surface area contributed by atoms with E-state index in [0.717, 1.165) is 27.5 Å². The van der Waals surface area contributed by atoms with Crippen molar-refractivity contribution in [1.82, 2.24) is 14.4 Å². The summed E-state index contributed by atoms with van der Waals surface area (Å²) in [6.07, 6.45) is 3.54. The van der Waals surface area contributed by atoms with Gasteiger partial charge >= 0.3 is 0 Å². The summed E-state index contributed by atoms with van der Waals surface area (Å²) >= 11 is 1.46. The third-order valence-electron chi connectivity index (χ3n) is 5.50. The topological polar surface area (TPSA) is 45.6 Å². The molecule has 5 nitrogen and oxygen atoms in total. The van der Waals surface area contributed by atoms with Crippen LogP contribution in [-0.2, 0) is 4.79 Å². The highest BCUT2D eigenvalue weighted by Gasteiger charge is 2.24. The van der Waals surface area contributed by atoms with Gasteiger partial charge in [0.2, 0.25) is 5.91 Å². The van der Waals surface area contributed by atoms with Gasteiger partial charge in [-0.15, -0.1) is 11.3 Å². The van der Waals surface area contributed by atoms with Gasteiger partial charge in [0.25, 0.3) is 5.91 Å². The molecule has 154 valence electrons. The number of para-hydroxylation sites is 1. The Hall–Kier alpha value is -3.12. The summed E-state index contributed by atoms with van der Waals surface area (Å²) in [6, 6.07) is 16.0. The van der Waals surface area contributed by atoms with E-state index in [0.29, 0.717) is 26.2 Å². The van der Waals surface area contributed by atoms with Crippen LogP contribution in [0.4, 0.5) is 0 Å². The molecule has 0 atom stereocenters. The van der Waals surface area contributed by atoms with Gasteiger partial charge in [-0.05, 0) is 55.1 Å². The molecule has 30 heavy (non-hydrogen) atoms. The lowest BCUT2D eigenvalue weighted by Crippen LogP contribution is -2.50. The number of aromatic nitrogens is 1. The first-order valence-electron chi connectivity index (χ1n) is 10.1. The molecule has 1 fully saturated rings. The minimum absolute atomic E-state index is 0.0114. The van der Waals surface area contributed by atoms with Crippen LogP contribution < -0.4 is 0 Å². The van der Waals surface area contributed by atoms with Crippen LogP contribution in [0.3, 0.4) is 0 Å². The third-order valence-corrected chi connectivity index (χ3v) is 6.36. The highest BCUT2D eigenvalue weighted by Crippen LogP contribution is 2.22. The Morgan fingerprint density at radius 2 is 1.63 bits per heavy atom. The van der Waals surface area contributed by atoms with Crippen LogP contribution in [0.15, 0.2) is 60.0 Å². The molecule has 0 spiro atoms. The Balaban J connectivity index is 1.40. The zero-order chi connectivity index (χ0) is 21.1. The molecular formula is C24H25N3O2S. The quantitative estimate of drug-likeness (QED) is 0.597. The average Bonchev–Trinajstić information content (AvgIpc) is 3.40. The smallest absolute Gasteiger partial charge is 0.264 e. The zero-order valence-corrected chi connectivity index (χ0v) is 18.1. The van der Waals surface area contributed by atoms with E-state index in [1.165, 1.54) is 11.3 Å². The molecule has 2 aromatic heterocycles. The molecule has 4 rings (SSSR count). The maximum atomic E-state index is 12.7. The van der Waals surface area contributed by atoms with E-state index in [2.05, 4.69) is 36.6 Å². The van der Waals surface area contributed by atoms with Gasteiger partial charge in [-0.1, -0.05) is 24.3 Å². The van der Waals surface area contributed by atoms with E-state index in [1.807, 2.05) is 51.6 Å². The summed E-state index contributed by atoms with van der Waals surface area (Å²) in [6.45, 7) is 6.40. The number of piperazine rings is 1. The van der Waals surface area contributed by atoms with Crippen LogP contribution in [0, 0.1) is 13.8 Å². The number of carbonyl (C=O) groups excluding carboxylic acids is 2. The molecule has 0 N–H and O–H groups in total. The van der Waals surface area contributed by atoms with Crippen LogP contribution in [-0.4, -0.2) is 52.4 Å². The van der Waals surface area contributed by atoms with Gasteiger partial charge in [0.15, 0.2) is 0 Å². The van der Waals surface area contributed by atoms with Crippen LogP contribution >= 0.6 is 11.3 Å². The molecule has 0 saturated carbocycles. The monoisotopic (exact) mass is 419 g/mol. The molecule has 0 bridgehead atoms. The van der Waals surface area contributed by atoms with Crippen LogP contribution in [0.5, 0.6) is 0 Å². The lowest BCUT2D eigenvalue weighted by molar-refractivity contribution is -0.127. The molecule has 1 aromatic carbocycles. The van der Waals surface area contributed by atoms with Crippen molar-refractivity contribution >= 4 is 29.2 Å². The fraction of sp³-hybridized carbons (Fsp3) is 0.250. The Morgan fingerprint density at radius 3 is 2.30 bits per heavy atom. The van der Waals surface area contributed by atoms with Crippen molar-refractivity contribution in [1.29, 1.82) is 0 Å². The van der Waals surface area contributed by atoms with Crippen LogP contribution in [0.25, 0.3) is 11.8 Å². The van der Waals surface area contributed by atoms with Gasteiger partial charge in [-0.3, -0.25) is 9.59 Å². The molecule has 0 aliphatic carbocycles. The summed E-state index contributed by atoms with van der Waals surface area (Å²) in [7, 11) is 0. The SMILES string of the molecule is Cc1cc(/C=C/C(=O)N2CCN(C(=O)c3cccs3)CC2)c(C)n1-c1ccccc1. The normalized spacial score (nSPS) is 14.5. The number of thiophene rings is 1. The van der Waals surface area contributed by atoms with Crippen molar-refractivity contribution in [2.45, 2.75) is 13.8 Å². The zero-order valence-electron chi connectivity index (χ0n) is 17.2. The van der Waals surface area contributed by atoms with E-state index in [1.54, 1.807) is 6.08 Å². The van der Waals surface area contributed by atoms with Gasteiger partial charge in [-0.2, -0.15) is 0 Å². The molecule has 1 saturated heterocycles. The second-order valence-corrected chi connectivity index (χ2v) is 8.37. The minimum Gasteiger partial charge on any atom is -0.336 e. The summed E-state index contributed by atoms with van der Waals surface area (Å²) in [5, 5.41) is 1.91. The Morgan fingerprint density at radius 1 is 0.933 bits per heavy atom. The number of amides is 2. The molecule has 1 aliphatic heterocycles. The average molecular weight is 420 g/mol. The standard InChI is InChI=1S/C24H25N3O2S/c1-18-17-20(19(2)27(18)21-7-4-3-5-8-21)10-11-23(28)25-12-14-26(15-13-25)24(29)22-9-6-16-30-22/h3-11,16-17H,12-15H2,1-2H3/b11-10+. The van der Waals surface area contributed by atoms with Crippen LogP contribution in [0.1, 0.15) is 26.6 Å². The summed E-state index contributed by atoms with van der Waals surface area (Å²) in [5.74, 6) is 0.0451. The fourth-order valence-corrected chi connectivity index (χ4v) is 4.57. The van der Waals surface area contributed by atoms with E-state index in [4.69, 9.17) is 0 Å². The van der Waals surface area contributed by atoms with E-state index in [-0.39, 0.29) is 11.8 Å². The lowest BCUT2D eigenvalue weighted by atomic mass is 10.2. The molecular weight excluding hydrogens is 394 g/mol. The Bertz CT molecular complexity index is 1060.